The van der Waals surface area contributed by atoms with Crippen LogP contribution in [0.2, 0.25) is 0 Å². The molecular weight excluding hydrogens is 266 g/mol. The minimum absolute atomic E-state index is 0.0354. The van der Waals surface area contributed by atoms with Crippen molar-refractivity contribution in [3.05, 3.63) is 0 Å². The molecule has 2 fully saturated rings. The van der Waals surface area contributed by atoms with Gasteiger partial charge in [-0.25, -0.2) is 12.7 Å². The number of carboxylic acids is 1. The quantitative estimate of drug-likeness (QED) is 0.838. The highest BCUT2D eigenvalue weighted by molar-refractivity contribution is 7.89. The third-order valence-electron chi connectivity index (χ3n) is 4.63. The fourth-order valence-corrected chi connectivity index (χ4v) is 4.90. The number of hydrogen-bond acceptors (Lipinski definition) is 3. The second-order valence-corrected chi connectivity index (χ2v) is 8.01. The number of sulfonamides is 1. The molecule has 0 aromatic heterocycles. The Balaban J connectivity index is 1.84. The number of carbonyl (C=O) groups is 1. The summed E-state index contributed by atoms with van der Waals surface area (Å²) in [6, 6.07) is 0. The first-order valence-corrected chi connectivity index (χ1v) is 8.74. The molecule has 0 atom stereocenters. The Morgan fingerprint density at radius 2 is 1.68 bits per heavy atom. The second-order valence-electron chi connectivity index (χ2n) is 5.92. The van der Waals surface area contributed by atoms with Crippen LogP contribution in [0.15, 0.2) is 0 Å². The van der Waals surface area contributed by atoms with Crippen LogP contribution in [0.4, 0.5) is 0 Å². The Hall–Kier alpha value is -0.620. The van der Waals surface area contributed by atoms with Crippen molar-refractivity contribution < 1.29 is 18.3 Å². The summed E-state index contributed by atoms with van der Waals surface area (Å²) in [5.74, 6) is -0.967. The standard InChI is InChI=1S/C13H23NO4S/c15-12(16)4-3-11-19(17,18)14-9-7-13(8-10-14)5-1-2-6-13/h1-11H2,(H,15,16). The monoisotopic (exact) mass is 289 g/mol. The van der Waals surface area contributed by atoms with E-state index in [2.05, 4.69) is 0 Å². The molecule has 0 radical (unpaired) electrons. The molecule has 2 aliphatic rings. The first-order valence-electron chi connectivity index (χ1n) is 7.13. The summed E-state index contributed by atoms with van der Waals surface area (Å²) in [6.45, 7) is 1.24. The van der Waals surface area contributed by atoms with Gasteiger partial charge in [0.05, 0.1) is 5.75 Å². The average molecular weight is 289 g/mol. The van der Waals surface area contributed by atoms with Crippen molar-refractivity contribution in [1.29, 1.82) is 0 Å². The minimum Gasteiger partial charge on any atom is -0.481 e. The van der Waals surface area contributed by atoms with Crippen molar-refractivity contribution >= 4 is 16.0 Å². The van der Waals surface area contributed by atoms with Crippen LogP contribution < -0.4 is 0 Å². The van der Waals surface area contributed by atoms with Crippen LogP contribution >= 0.6 is 0 Å². The lowest BCUT2D eigenvalue weighted by Gasteiger charge is -2.38. The van der Waals surface area contributed by atoms with Crippen molar-refractivity contribution in [2.75, 3.05) is 18.8 Å². The molecule has 1 heterocycles. The highest BCUT2D eigenvalue weighted by atomic mass is 32.2. The fourth-order valence-electron chi connectivity index (χ4n) is 3.40. The highest BCUT2D eigenvalue weighted by Gasteiger charge is 2.39. The van der Waals surface area contributed by atoms with Crippen molar-refractivity contribution in [2.24, 2.45) is 5.41 Å². The van der Waals surface area contributed by atoms with Crippen LogP contribution in [0, 0.1) is 5.41 Å². The number of hydrogen-bond donors (Lipinski definition) is 1. The van der Waals surface area contributed by atoms with Crippen LogP contribution in [0.1, 0.15) is 51.4 Å². The molecule has 1 N–H and O–H groups in total. The van der Waals surface area contributed by atoms with Crippen LogP contribution in [0.25, 0.3) is 0 Å². The predicted molar refractivity (Wildman–Crippen MR) is 72.4 cm³/mol. The third-order valence-corrected chi connectivity index (χ3v) is 6.59. The van der Waals surface area contributed by atoms with Gasteiger partial charge in [0.2, 0.25) is 10.0 Å². The summed E-state index contributed by atoms with van der Waals surface area (Å²) >= 11 is 0. The maximum Gasteiger partial charge on any atom is 0.303 e. The molecule has 1 spiro atoms. The van der Waals surface area contributed by atoms with Gasteiger partial charge in [-0.1, -0.05) is 12.8 Å². The Kier molecular flexibility index (Phi) is 4.50. The molecule has 0 aromatic rings. The van der Waals surface area contributed by atoms with Gasteiger partial charge in [0.25, 0.3) is 0 Å². The fraction of sp³-hybridized carbons (Fsp3) is 0.923. The maximum absolute atomic E-state index is 12.1. The highest BCUT2D eigenvalue weighted by Crippen LogP contribution is 2.46. The van der Waals surface area contributed by atoms with Gasteiger partial charge < -0.3 is 5.11 Å². The molecule has 5 nitrogen and oxygen atoms in total. The van der Waals surface area contributed by atoms with Crippen molar-refractivity contribution in [1.82, 2.24) is 4.31 Å². The maximum atomic E-state index is 12.1. The molecule has 1 aliphatic carbocycles. The van der Waals surface area contributed by atoms with E-state index in [1.165, 1.54) is 25.7 Å². The second kappa shape index (κ2) is 5.79. The van der Waals surface area contributed by atoms with Crippen LogP contribution in [0.5, 0.6) is 0 Å². The van der Waals surface area contributed by atoms with Gasteiger partial charge in [-0.05, 0) is 37.5 Å². The van der Waals surface area contributed by atoms with Gasteiger partial charge in [-0.15, -0.1) is 0 Å². The number of aliphatic carboxylic acids is 1. The molecule has 6 heteroatoms. The van der Waals surface area contributed by atoms with Crippen LogP contribution in [-0.2, 0) is 14.8 Å². The zero-order valence-corrected chi connectivity index (χ0v) is 12.1. The van der Waals surface area contributed by atoms with Gasteiger partial charge in [0, 0.05) is 19.5 Å². The largest absolute Gasteiger partial charge is 0.481 e. The molecule has 19 heavy (non-hydrogen) atoms. The molecule has 2 rings (SSSR count). The van der Waals surface area contributed by atoms with E-state index in [9.17, 15) is 13.2 Å². The first-order chi connectivity index (χ1) is 8.94. The van der Waals surface area contributed by atoms with E-state index in [-0.39, 0.29) is 18.6 Å². The molecule has 1 saturated heterocycles. The molecule has 0 amide bonds. The van der Waals surface area contributed by atoms with Crippen molar-refractivity contribution in [2.45, 2.75) is 51.4 Å². The Morgan fingerprint density at radius 3 is 2.21 bits per heavy atom. The summed E-state index contributed by atoms with van der Waals surface area (Å²) in [5, 5.41) is 8.55. The lowest BCUT2D eigenvalue weighted by molar-refractivity contribution is -0.137. The Bertz CT molecular complexity index is 416. The van der Waals surface area contributed by atoms with E-state index >= 15 is 0 Å². The van der Waals surface area contributed by atoms with E-state index in [1.54, 1.807) is 4.31 Å². The van der Waals surface area contributed by atoms with E-state index < -0.39 is 16.0 Å². The summed E-state index contributed by atoms with van der Waals surface area (Å²) < 4.78 is 25.8. The van der Waals surface area contributed by atoms with Crippen LogP contribution in [-0.4, -0.2) is 42.6 Å². The smallest absolute Gasteiger partial charge is 0.303 e. The van der Waals surface area contributed by atoms with Crippen LogP contribution in [0.3, 0.4) is 0 Å². The number of piperidine rings is 1. The molecule has 110 valence electrons. The Morgan fingerprint density at radius 1 is 1.11 bits per heavy atom. The van der Waals surface area contributed by atoms with E-state index in [1.807, 2.05) is 0 Å². The lowest BCUT2D eigenvalue weighted by Crippen LogP contribution is -2.43. The van der Waals surface area contributed by atoms with Gasteiger partial charge in [-0.2, -0.15) is 0 Å². The molecule has 0 unspecified atom stereocenters. The normalized spacial score (nSPS) is 23.8. The molecule has 1 aliphatic heterocycles. The zero-order valence-electron chi connectivity index (χ0n) is 11.3. The van der Waals surface area contributed by atoms with Gasteiger partial charge in [0.1, 0.15) is 0 Å². The summed E-state index contributed by atoms with van der Waals surface area (Å²) in [7, 11) is -3.26. The Labute approximate surface area is 115 Å². The van der Waals surface area contributed by atoms with Crippen molar-refractivity contribution in [3.63, 3.8) is 0 Å². The average Bonchev–Trinajstić information content (AvgIpc) is 2.77. The van der Waals surface area contributed by atoms with E-state index in [0.717, 1.165) is 12.8 Å². The number of nitrogens with zero attached hydrogens (tertiary/aromatic N) is 1. The minimum atomic E-state index is -3.26. The topological polar surface area (TPSA) is 74.7 Å². The zero-order chi connectivity index (χ0) is 13.9. The summed E-state index contributed by atoms with van der Waals surface area (Å²) in [5.41, 5.74) is 0.410. The van der Waals surface area contributed by atoms with E-state index in [0.29, 0.717) is 18.5 Å². The molecular formula is C13H23NO4S. The molecule has 1 saturated carbocycles. The lowest BCUT2D eigenvalue weighted by atomic mass is 9.78. The number of carboxylic acid groups (broad SMARTS) is 1. The first kappa shape index (κ1) is 14.8. The third kappa shape index (κ3) is 3.69. The molecule has 0 bridgehead atoms. The van der Waals surface area contributed by atoms with Gasteiger partial charge in [-0.3, -0.25) is 4.79 Å². The SMILES string of the molecule is O=C(O)CCCS(=O)(=O)N1CCC2(CCCC2)CC1. The van der Waals surface area contributed by atoms with E-state index in [4.69, 9.17) is 5.11 Å². The van der Waals surface area contributed by atoms with Crippen molar-refractivity contribution in [3.8, 4) is 0 Å². The predicted octanol–water partition coefficient (Wildman–Crippen LogP) is 1.84. The summed E-state index contributed by atoms with van der Waals surface area (Å²) in [4.78, 5) is 10.4. The number of rotatable bonds is 5. The summed E-state index contributed by atoms with van der Waals surface area (Å²) in [6.07, 6.45) is 7.16. The molecule has 0 aromatic carbocycles. The van der Waals surface area contributed by atoms with Gasteiger partial charge >= 0.3 is 5.97 Å². The van der Waals surface area contributed by atoms with Gasteiger partial charge in [0.15, 0.2) is 0 Å².